The molecule has 1 N–H and O–H groups in total. The Bertz CT molecular complexity index is 1110. The Labute approximate surface area is 181 Å². The number of nitrogens with zero attached hydrogens (tertiary/aromatic N) is 1. The molecule has 6 heteroatoms. The number of rotatable bonds is 9. The lowest BCUT2D eigenvalue weighted by Gasteiger charge is -2.17. The number of ether oxygens (including phenoxy) is 1. The molecule has 3 aromatic rings. The van der Waals surface area contributed by atoms with Crippen molar-refractivity contribution in [2.45, 2.75) is 25.2 Å². The summed E-state index contributed by atoms with van der Waals surface area (Å²) < 4.78 is 11.8. The van der Waals surface area contributed by atoms with Crippen molar-refractivity contribution in [3.8, 4) is 5.75 Å². The van der Waals surface area contributed by atoms with Gasteiger partial charge >= 0.3 is 0 Å². The van der Waals surface area contributed by atoms with Gasteiger partial charge in [0.15, 0.2) is 0 Å². The number of amides is 1. The zero-order chi connectivity index (χ0) is 21.4. The molecule has 1 aliphatic heterocycles. The highest BCUT2D eigenvalue weighted by molar-refractivity contribution is 6.08. The van der Waals surface area contributed by atoms with Crippen LogP contribution in [0, 0.1) is 11.8 Å². The zero-order valence-corrected chi connectivity index (χ0v) is 17.8. The van der Waals surface area contributed by atoms with E-state index < -0.39 is 0 Å². The number of carbonyl (C=O) groups is 2. The minimum Gasteiger partial charge on any atom is -0.492 e. The lowest BCUT2D eigenvalue weighted by Crippen LogP contribution is -2.27. The van der Waals surface area contributed by atoms with Gasteiger partial charge in [-0.1, -0.05) is 6.07 Å². The van der Waals surface area contributed by atoms with Crippen LogP contribution in [-0.4, -0.2) is 50.4 Å². The van der Waals surface area contributed by atoms with E-state index in [9.17, 15) is 9.59 Å². The van der Waals surface area contributed by atoms with Crippen molar-refractivity contribution < 1.29 is 18.7 Å². The summed E-state index contributed by atoms with van der Waals surface area (Å²) in [5.74, 6) is 2.29. The smallest absolute Gasteiger partial charge is 0.219 e. The van der Waals surface area contributed by atoms with Crippen LogP contribution in [0.5, 0.6) is 5.75 Å². The van der Waals surface area contributed by atoms with Crippen LogP contribution in [-0.2, 0) is 9.59 Å². The average Bonchev–Trinajstić information content (AvgIpc) is 3.19. The third-order valence-electron chi connectivity index (χ3n) is 6.81. The molecule has 0 spiro atoms. The van der Waals surface area contributed by atoms with Crippen molar-refractivity contribution >= 4 is 33.9 Å². The summed E-state index contributed by atoms with van der Waals surface area (Å²) in [5, 5.41) is 5.62. The van der Waals surface area contributed by atoms with Gasteiger partial charge in [0.25, 0.3) is 0 Å². The van der Waals surface area contributed by atoms with E-state index in [0.29, 0.717) is 19.4 Å². The molecule has 0 bridgehead atoms. The number of aldehydes is 1. The molecule has 2 aliphatic rings. The summed E-state index contributed by atoms with van der Waals surface area (Å²) in [6, 6.07) is 10.0. The van der Waals surface area contributed by atoms with Gasteiger partial charge in [-0.15, -0.1) is 0 Å². The van der Waals surface area contributed by atoms with E-state index in [4.69, 9.17) is 9.15 Å². The molecule has 5 rings (SSSR count). The molecule has 31 heavy (non-hydrogen) atoms. The van der Waals surface area contributed by atoms with Crippen molar-refractivity contribution in [3.05, 3.63) is 42.2 Å². The molecule has 2 heterocycles. The molecular weight excluding hydrogens is 392 g/mol. The summed E-state index contributed by atoms with van der Waals surface area (Å²) in [5.41, 5.74) is 1.58. The van der Waals surface area contributed by atoms with Crippen molar-refractivity contribution in [1.82, 2.24) is 10.2 Å². The Hall–Kier alpha value is -2.86. The predicted molar refractivity (Wildman–Crippen MR) is 119 cm³/mol. The van der Waals surface area contributed by atoms with Crippen LogP contribution in [0.25, 0.3) is 21.7 Å². The first-order chi connectivity index (χ1) is 15.2. The van der Waals surface area contributed by atoms with Crippen molar-refractivity contribution in [1.29, 1.82) is 0 Å². The summed E-state index contributed by atoms with van der Waals surface area (Å²) in [4.78, 5) is 25.9. The Kier molecular flexibility index (Phi) is 5.40. The largest absolute Gasteiger partial charge is 0.492 e. The summed E-state index contributed by atoms with van der Waals surface area (Å²) in [7, 11) is 1.60. The number of benzene rings is 2. The lowest BCUT2D eigenvalue weighted by molar-refractivity contribution is -0.120. The molecule has 3 atom stereocenters. The molecule has 1 saturated heterocycles. The number of piperidine rings is 1. The SMILES string of the molecule is CNC(=O)CCC(C=O)c1coc2ccc3cc(OCCN4CC5CC5C4)ccc3c12. The van der Waals surface area contributed by atoms with Gasteiger partial charge in [0, 0.05) is 50.0 Å². The molecule has 0 radical (unpaired) electrons. The van der Waals surface area contributed by atoms with Crippen molar-refractivity contribution in [2.24, 2.45) is 11.8 Å². The standard InChI is InChI=1S/C25H28N2O4/c1-26-24(29)7-3-17(14-28)22-15-31-23-6-2-16-11-20(4-5-21(16)25(22)23)30-9-8-27-12-18-10-19(18)13-27/h2,4-6,11,14-15,17-19H,3,7-10,12-13H2,1H3,(H,26,29). The summed E-state index contributed by atoms with van der Waals surface area (Å²) in [6.45, 7) is 4.12. The number of likely N-dealkylation sites (tertiary alicyclic amines) is 1. The second kappa shape index (κ2) is 8.35. The summed E-state index contributed by atoms with van der Waals surface area (Å²) >= 11 is 0. The van der Waals surface area contributed by atoms with Gasteiger partial charge in [-0.2, -0.15) is 0 Å². The van der Waals surface area contributed by atoms with Crippen LogP contribution < -0.4 is 10.1 Å². The topological polar surface area (TPSA) is 71.8 Å². The van der Waals surface area contributed by atoms with Gasteiger partial charge in [-0.3, -0.25) is 9.69 Å². The van der Waals surface area contributed by atoms with Crippen LogP contribution in [0.3, 0.4) is 0 Å². The van der Waals surface area contributed by atoms with Crippen LogP contribution >= 0.6 is 0 Å². The Morgan fingerprint density at radius 2 is 2.13 bits per heavy atom. The number of hydrogen-bond acceptors (Lipinski definition) is 5. The fourth-order valence-corrected chi connectivity index (χ4v) is 4.91. The molecule has 3 unspecified atom stereocenters. The molecule has 2 aromatic carbocycles. The monoisotopic (exact) mass is 420 g/mol. The Balaban J connectivity index is 1.34. The number of hydrogen-bond donors (Lipinski definition) is 1. The van der Waals surface area contributed by atoms with E-state index in [1.54, 1.807) is 13.3 Å². The Morgan fingerprint density at radius 1 is 1.29 bits per heavy atom. The maximum Gasteiger partial charge on any atom is 0.219 e. The number of fused-ring (bicyclic) bond motifs is 4. The first-order valence-electron chi connectivity index (χ1n) is 11.1. The maximum absolute atomic E-state index is 11.8. The number of furan rings is 1. The minimum absolute atomic E-state index is 0.0720. The molecule has 2 fully saturated rings. The van der Waals surface area contributed by atoms with Gasteiger partial charge in [0.2, 0.25) is 5.91 Å². The van der Waals surface area contributed by atoms with Crippen LogP contribution in [0.2, 0.25) is 0 Å². The minimum atomic E-state index is -0.383. The van der Waals surface area contributed by atoms with E-state index in [1.165, 1.54) is 19.5 Å². The maximum atomic E-state index is 11.8. The molecular formula is C25H28N2O4. The van der Waals surface area contributed by atoms with Crippen LogP contribution in [0.4, 0.5) is 0 Å². The quantitative estimate of drug-likeness (QED) is 0.534. The normalized spacial score (nSPS) is 21.2. The lowest BCUT2D eigenvalue weighted by atomic mass is 9.92. The van der Waals surface area contributed by atoms with Gasteiger partial charge < -0.3 is 19.3 Å². The molecule has 162 valence electrons. The third-order valence-corrected chi connectivity index (χ3v) is 6.81. The molecule has 1 saturated carbocycles. The number of carbonyl (C=O) groups excluding carboxylic acids is 2. The van der Waals surface area contributed by atoms with E-state index >= 15 is 0 Å². The highest BCUT2D eigenvalue weighted by Gasteiger charge is 2.44. The molecule has 6 nitrogen and oxygen atoms in total. The first-order valence-corrected chi connectivity index (χ1v) is 11.1. The van der Waals surface area contributed by atoms with Crippen LogP contribution in [0.1, 0.15) is 30.7 Å². The van der Waals surface area contributed by atoms with E-state index in [2.05, 4.69) is 10.2 Å². The number of nitrogens with one attached hydrogen (secondary N) is 1. The highest BCUT2D eigenvalue weighted by Crippen LogP contribution is 2.44. The van der Waals surface area contributed by atoms with E-state index in [0.717, 1.165) is 57.7 Å². The second-order valence-electron chi connectivity index (χ2n) is 8.83. The van der Waals surface area contributed by atoms with Gasteiger partial charge in [0.05, 0.1) is 6.26 Å². The fraction of sp³-hybridized carbons (Fsp3) is 0.440. The second-order valence-corrected chi connectivity index (χ2v) is 8.83. The predicted octanol–water partition coefficient (Wildman–Crippen LogP) is 3.73. The third kappa shape index (κ3) is 4.04. The zero-order valence-electron chi connectivity index (χ0n) is 17.8. The van der Waals surface area contributed by atoms with Crippen molar-refractivity contribution in [3.63, 3.8) is 0 Å². The van der Waals surface area contributed by atoms with Gasteiger partial charge in [-0.25, -0.2) is 0 Å². The molecule has 1 aromatic heterocycles. The van der Waals surface area contributed by atoms with Crippen molar-refractivity contribution in [2.75, 3.05) is 33.3 Å². The molecule has 1 amide bonds. The Morgan fingerprint density at radius 3 is 2.90 bits per heavy atom. The van der Waals surface area contributed by atoms with E-state index in [1.807, 2.05) is 30.3 Å². The fourth-order valence-electron chi connectivity index (χ4n) is 4.91. The summed E-state index contributed by atoms with van der Waals surface area (Å²) in [6.07, 6.45) is 4.73. The molecule has 1 aliphatic carbocycles. The first kappa shape index (κ1) is 20.1. The average molecular weight is 421 g/mol. The highest BCUT2D eigenvalue weighted by atomic mass is 16.5. The van der Waals surface area contributed by atoms with Gasteiger partial charge in [-0.05, 0) is 59.7 Å². The van der Waals surface area contributed by atoms with Gasteiger partial charge in [0.1, 0.15) is 24.2 Å². The van der Waals surface area contributed by atoms with E-state index in [-0.39, 0.29) is 11.8 Å². The van der Waals surface area contributed by atoms with Crippen LogP contribution in [0.15, 0.2) is 41.0 Å².